The van der Waals surface area contributed by atoms with Gasteiger partial charge in [-0.25, -0.2) is 0 Å². The van der Waals surface area contributed by atoms with Crippen LogP contribution in [-0.2, 0) is 5.88 Å². The molecule has 0 bridgehead atoms. The summed E-state index contributed by atoms with van der Waals surface area (Å²) in [4.78, 5) is 2.51. The second-order valence-corrected chi connectivity index (χ2v) is 5.39. The van der Waals surface area contributed by atoms with Gasteiger partial charge >= 0.3 is 0 Å². The van der Waals surface area contributed by atoms with E-state index in [9.17, 15) is 0 Å². The van der Waals surface area contributed by atoms with Gasteiger partial charge in [0.1, 0.15) is 0 Å². The average molecular weight is 272 g/mol. The maximum atomic E-state index is 6.02. The number of nitrogens with zero attached hydrogens (tertiary/aromatic N) is 1. The monoisotopic (exact) mass is 271 g/mol. The van der Waals surface area contributed by atoms with E-state index in [0.29, 0.717) is 5.88 Å². The van der Waals surface area contributed by atoms with E-state index in [1.54, 1.807) is 0 Å². The number of rotatable bonds is 6. The molecule has 1 aliphatic carbocycles. The molecule has 1 aromatic rings. The third kappa shape index (κ3) is 3.29. The van der Waals surface area contributed by atoms with Crippen molar-refractivity contribution in [1.29, 1.82) is 0 Å². The molecule has 94 valence electrons. The lowest BCUT2D eigenvalue weighted by molar-refractivity contribution is 0.711. The Morgan fingerprint density at radius 3 is 2.71 bits per heavy atom. The SMILES string of the molecule is CCCCN(c1ccc(Cl)cc1CCl)C1CC1. The van der Waals surface area contributed by atoms with Crippen molar-refractivity contribution < 1.29 is 0 Å². The van der Waals surface area contributed by atoms with Crippen LogP contribution in [0, 0.1) is 0 Å². The van der Waals surface area contributed by atoms with Gasteiger partial charge in [0.05, 0.1) is 0 Å². The zero-order valence-corrected chi connectivity index (χ0v) is 11.8. The van der Waals surface area contributed by atoms with Gasteiger partial charge in [0.2, 0.25) is 0 Å². The van der Waals surface area contributed by atoms with Crippen LogP contribution < -0.4 is 4.90 Å². The van der Waals surface area contributed by atoms with Gasteiger partial charge in [0.25, 0.3) is 0 Å². The van der Waals surface area contributed by atoms with Crippen LogP contribution in [0.1, 0.15) is 38.2 Å². The predicted molar refractivity (Wildman–Crippen MR) is 76.3 cm³/mol. The molecule has 3 heteroatoms. The fourth-order valence-corrected chi connectivity index (χ4v) is 2.56. The fourth-order valence-electron chi connectivity index (χ4n) is 2.16. The summed E-state index contributed by atoms with van der Waals surface area (Å²) in [5.41, 5.74) is 2.43. The first-order chi connectivity index (χ1) is 8.26. The molecule has 1 aliphatic rings. The summed E-state index contributed by atoms with van der Waals surface area (Å²) in [6.07, 6.45) is 5.09. The van der Waals surface area contributed by atoms with E-state index < -0.39 is 0 Å². The van der Waals surface area contributed by atoms with Gasteiger partial charge in [-0.1, -0.05) is 24.9 Å². The van der Waals surface area contributed by atoms with E-state index in [4.69, 9.17) is 23.2 Å². The summed E-state index contributed by atoms with van der Waals surface area (Å²) in [6, 6.07) is 6.80. The number of unbranched alkanes of at least 4 members (excludes halogenated alkanes) is 1. The zero-order chi connectivity index (χ0) is 12.3. The van der Waals surface area contributed by atoms with E-state index in [-0.39, 0.29) is 0 Å². The standard InChI is InChI=1S/C14H19Cl2N/c1-2-3-8-17(13-5-6-13)14-7-4-12(16)9-11(14)10-15/h4,7,9,13H,2-3,5-6,8,10H2,1H3. The number of alkyl halides is 1. The first-order valence-corrected chi connectivity index (χ1v) is 7.28. The Balaban J connectivity index is 2.21. The van der Waals surface area contributed by atoms with Crippen molar-refractivity contribution in [2.75, 3.05) is 11.4 Å². The molecule has 0 aliphatic heterocycles. The van der Waals surface area contributed by atoms with E-state index in [0.717, 1.165) is 23.2 Å². The van der Waals surface area contributed by atoms with Gasteiger partial charge in [-0.15, -0.1) is 11.6 Å². The lowest BCUT2D eigenvalue weighted by Gasteiger charge is -2.27. The normalized spacial score (nSPS) is 15.0. The highest BCUT2D eigenvalue weighted by Gasteiger charge is 2.29. The molecule has 1 nitrogen and oxygen atoms in total. The number of hydrogen-bond donors (Lipinski definition) is 0. The van der Waals surface area contributed by atoms with Gasteiger partial charge in [-0.05, 0) is 43.0 Å². The highest BCUT2D eigenvalue weighted by Crippen LogP contribution is 2.35. The van der Waals surface area contributed by atoms with Crippen molar-refractivity contribution in [3.05, 3.63) is 28.8 Å². The highest BCUT2D eigenvalue weighted by molar-refractivity contribution is 6.30. The van der Waals surface area contributed by atoms with Crippen LogP contribution in [0.4, 0.5) is 5.69 Å². The molecule has 1 saturated carbocycles. The van der Waals surface area contributed by atoms with Crippen molar-refractivity contribution in [3.63, 3.8) is 0 Å². The van der Waals surface area contributed by atoms with Crippen LogP contribution in [0.3, 0.4) is 0 Å². The maximum absolute atomic E-state index is 6.02. The Labute approximate surface area is 114 Å². The summed E-state index contributed by atoms with van der Waals surface area (Å²) in [5, 5.41) is 0.774. The molecule has 0 amide bonds. The number of anilines is 1. The molecule has 0 atom stereocenters. The highest BCUT2D eigenvalue weighted by atomic mass is 35.5. The second kappa shape index (κ2) is 5.97. The molecule has 0 radical (unpaired) electrons. The summed E-state index contributed by atoms with van der Waals surface area (Å²) in [6.45, 7) is 3.36. The topological polar surface area (TPSA) is 3.24 Å². The van der Waals surface area contributed by atoms with Crippen LogP contribution in [0.5, 0.6) is 0 Å². The fraction of sp³-hybridized carbons (Fsp3) is 0.571. The summed E-state index contributed by atoms with van der Waals surface area (Å²) < 4.78 is 0. The predicted octanol–water partition coefficient (Wildman–Crippen LogP) is 4.85. The van der Waals surface area contributed by atoms with Gasteiger partial charge < -0.3 is 4.90 Å². The molecule has 0 heterocycles. The van der Waals surface area contributed by atoms with Crippen molar-refractivity contribution in [2.24, 2.45) is 0 Å². The van der Waals surface area contributed by atoms with Crippen molar-refractivity contribution in [2.45, 2.75) is 44.5 Å². The minimum absolute atomic E-state index is 0.533. The van der Waals surface area contributed by atoms with E-state index >= 15 is 0 Å². The maximum Gasteiger partial charge on any atom is 0.0495 e. The van der Waals surface area contributed by atoms with Crippen molar-refractivity contribution >= 4 is 28.9 Å². The Bertz CT molecular complexity index is 374. The summed E-state index contributed by atoms with van der Waals surface area (Å²) in [7, 11) is 0. The number of benzene rings is 1. The molecule has 1 fully saturated rings. The molecule has 1 aromatic carbocycles. The van der Waals surface area contributed by atoms with Gasteiger partial charge in [0.15, 0.2) is 0 Å². The van der Waals surface area contributed by atoms with E-state index in [2.05, 4.69) is 17.9 Å². The second-order valence-electron chi connectivity index (χ2n) is 4.68. The lowest BCUT2D eigenvalue weighted by atomic mass is 10.1. The van der Waals surface area contributed by atoms with Crippen LogP contribution >= 0.6 is 23.2 Å². The smallest absolute Gasteiger partial charge is 0.0495 e. The van der Waals surface area contributed by atoms with Gasteiger partial charge in [0, 0.05) is 29.2 Å². The van der Waals surface area contributed by atoms with Crippen molar-refractivity contribution in [1.82, 2.24) is 0 Å². The average Bonchev–Trinajstić information content (AvgIpc) is 3.15. The van der Waals surface area contributed by atoms with Gasteiger partial charge in [-0.3, -0.25) is 0 Å². The minimum Gasteiger partial charge on any atom is -0.368 e. The Morgan fingerprint density at radius 2 is 2.12 bits per heavy atom. The molecule has 0 aromatic heterocycles. The Hall–Kier alpha value is -0.400. The summed E-state index contributed by atoms with van der Waals surface area (Å²) in [5.74, 6) is 0.533. The molecule has 0 N–H and O–H groups in total. The molecule has 0 saturated heterocycles. The Morgan fingerprint density at radius 1 is 1.35 bits per heavy atom. The van der Waals surface area contributed by atoms with E-state index in [1.807, 2.05) is 12.1 Å². The van der Waals surface area contributed by atoms with Crippen LogP contribution in [0.2, 0.25) is 5.02 Å². The molecule has 2 rings (SSSR count). The zero-order valence-electron chi connectivity index (χ0n) is 10.3. The summed E-state index contributed by atoms with van der Waals surface area (Å²) >= 11 is 12.0. The van der Waals surface area contributed by atoms with E-state index in [1.165, 1.54) is 31.4 Å². The third-order valence-corrected chi connectivity index (χ3v) is 3.76. The minimum atomic E-state index is 0.533. The third-order valence-electron chi connectivity index (χ3n) is 3.24. The molecular formula is C14H19Cl2N. The van der Waals surface area contributed by atoms with Crippen molar-refractivity contribution in [3.8, 4) is 0 Å². The lowest BCUT2D eigenvalue weighted by Crippen LogP contribution is -2.27. The number of halogens is 2. The molecule has 0 unspecified atom stereocenters. The Kier molecular flexibility index (Phi) is 4.58. The first-order valence-electron chi connectivity index (χ1n) is 6.37. The molecule has 17 heavy (non-hydrogen) atoms. The van der Waals surface area contributed by atoms with Gasteiger partial charge in [-0.2, -0.15) is 0 Å². The molecular weight excluding hydrogens is 253 g/mol. The number of hydrogen-bond acceptors (Lipinski definition) is 1. The molecule has 0 spiro atoms. The van der Waals surface area contributed by atoms with Crippen LogP contribution in [0.15, 0.2) is 18.2 Å². The largest absolute Gasteiger partial charge is 0.368 e. The van der Waals surface area contributed by atoms with Crippen LogP contribution in [0.25, 0.3) is 0 Å². The van der Waals surface area contributed by atoms with Crippen LogP contribution in [-0.4, -0.2) is 12.6 Å². The first kappa shape index (κ1) is 13.0. The quantitative estimate of drug-likeness (QED) is 0.669.